The van der Waals surface area contributed by atoms with Crippen LogP contribution >= 0.6 is 11.8 Å². The molecule has 130 valence electrons. The largest absolute Gasteiger partial charge is 0.493 e. The first-order chi connectivity index (χ1) is 12.2. The maximum Gasteiger partial charge on any atom is 0.166 e. The third-order valence-corrected chi connectivity index (χ3v) is 5.74. The molecule has 0 unspecified atom stereocenters. The van der Waals surface area contributed by atoms with E-state index in [1.54, 1.807) is 14.2 Å². The fraction of sp³-hybridized carbons (Fsp3) is 0.368. The summed E-state index contributed by atoms with van der Waals surface area (Å²) in [6, 6.07) is 12.1. The van der Waals surface area contributed by atoms with Crippen LogP contribution in [0.5, 0.6) is 11.5 Å². The topological polar surface area (TPSA) is 47.0 Å². The third kappa shape index (κ3) is 2.74. The van der Waals surface area contributed by atoms with Gasteiger partial charge in [-0.3, -0.25) is 9.98 Å². The zero-order chi connectivity index (χ0) is 17.4. The maximum atomic E-state index is 5.71. The first-order valence-electron chi connectivity index (χ1n) is 8.36. The van der Waals surface area contributed by atoms with E-state index in [9.17, 15) is 0 Å². The average Bonchev–Trinajstić information content (AvgIpc) is 3.17. The first kappa shape index (κ1) is 16.3. The van der Waals surface area contributed by atoms with Gasteiger partial charge in [0.15, 0.2) is 16.7 Å². The molecule has 2 aliphatic heterocycles. The highest BCUT2D eigenvalue weighted by Gasteiger charge is 2.44. The fourth-order valence-electron chi connectivity index (χ4n) is 3.60. The molecule has 0 bridgehead atoms. The van der Waals surface area contributed by atoms with E-state index in [-0.39, 0.29) is 12.1 Å². The highest BCUT2D eigenvalue weighted by molar-refractivity contribution is 8.14. The number of hydrogen-bond acceptors (Lipinski definition) is 6. The summed E-state index contributed by atoms with van der Waals surface area (Å²) in [5.74, 6) is 1.52. The van der Waals surface area contributed by atoms with Gasteiger partial charge in [-0.2, -0.15) is 0 Å². The summed E-state index contributed by atoms with van der Waals surface area (Å²) >= 11 is 1.83. The highest BCUT2D eigenvalue weighted by atomic mass is 32.2. The number of rotatable bonds is 4. The second kappa shape index (κ2) is 6.59. The minimum atomic E-state index is -0.0443. The van der Waals surface area contributed by atoms with Gasteiger partial charge in [0, 0.05) is 23.6 Å². The van der Waals surface area contributed by atoms with E-state index >= 15 is 0 Å². The third-order valence-electron chi connectivity index (χ3n) is 4.63. The summed E-state index contributed by atoms with van der Waals surface area (Å²) in [5.41, 5.74) is 2.07. The molecule has 0 amide bonds. The average molecular weight is 355 g/mol. The van der Waals surface area contributed by atoms with Crippen molar-refractivity contribution in [1.29, 1.82) is 0 Å². The number of pyridine rings is 1. The molecule has 0 radical (unpaired) electrons. The van der Waals surface area contributed by atoms with Crippen molar-refractivity contribution in [1.82, 2.24) is 9.88 Å². The maximum absolute atomic E-state index is 5.71. The molecule has 3 heterocycles. The molecule has 3 atom stereocenters. The number of para-hydroxylation sites is 1. The Morgan fingerprint density at radius 3 is 2.72 bits per heavy atom. The van der Waals surface area contributed by atoms with Gasteiger partial charge in [-0.15, -0.1) is 0 Å². The van der Waals surface area contributed by atoms with Crippen molar-refractivity contribution in [3.05, 3.63) is 53.9 Å². The normalized spacial score (nSPS) is 24.8. The van der Waals surface area contributed by atoms with Crippen molar-refractivity contribution < 1.29 is 9.47 Å². The molecule has 2 aromatic rings. The molecule has 25 heavy (non-hydrogen) atoms. The highest BCUT2D eigenvalue weighted by Crippen LogP contribution is 2.50. The molecule has 1 aromatic carbocycles. The van der Waals surface area contributed by atoms with Gasteiger partial charge in [-0.05, 0) is 18.2 Å². The molecule has 0 spiro atoms. The molecular weight excluding hydrogens is 334 g/mol. The Balaban J connectivity index is 1.83. The molecule has 0 saturated carbocycles. The van der Waals surface area contributed by atoms with Gasteiger partial charge in [-0.1, -0.05) is 36.9 Å². The Labute approximate surface area is 152 Å². The van der Waals surface area contributed by atoms with Gasteiger partial charge < -0.3 is 14.4 Å². The first-order valence-corrected chi connectivity index (χ1v) is 9.23. The van der Waals surface area contributed by atoms with E-state index in [0.29, 0.717) is 5.25 Å². The van der Waals surface area contributed by atoms with Gasteiger partial charge in [0.25, 0.3) is 0 Å². The van der Waals surface area contributed by atoms with Crippen LogP contribution in [0.2, 0.25) is 0 Å². The molecule has 6 heteroatoms. The van der Waals surface area contributed by atoms with Crippen molar-refractivity contribution in [2.75, 3.05) is 20.8 Å². The van der Waals surface area contributed by atoms with E-state index in [1.807, 2.05) is 48.3 Å². The summed E-state index contributed by atoms with van der Waals surface area (Å²) < 4.78 is 11.2. The molecule has 1 fully saturated rings. The summed E-state index contributed by atoms with van der Waals surface area (Å²) in [4.78, 5) is 12.0. The summed E-state index contributed by atoms with van der Waals surface area (Å²) in [6.07, 6.45) is 1.83. The van der Waals surface area contributed by atoms with E-state index < -0.39 is 0 Å². The zero-order valence-corrected chi connectivity index (χ0v) is 15.4. The van der Waals surface area contributed by atoms with Crippen LogP contribution in [0.1, 0.15) is 30.3 Å². The fourth-order valence-corrected chi connectivity index (χ4v) is 4.69. The number of hydrogen-bond donors (Lipinski definition) is 0. The van der Waals surface area contributed by atoms with Gasteiger partial charge in [0.05, 0.1) is 26.0 Å². The Morgan fingerprint density at radius 1 is 1.12 bits per heavy atom. The number of fused-ring (bicyclic) bond motifs is 1. The molecule has 1 aromatic heterocycles. The summed E-state index contributed by atoms with van der Waals surface area (Å²) in [6.45, 7) is 3.21. The van der Waals surface area contributed by atoms with Crippen molar-refractivity contribution in [2.24, 2.45) is 4.99 Å². The predicted molar refractivity (Wildman–Crippen MR) is 100 cm³/mol. The van der Waals surface area contributed by atoms with Crippen LogP contribution in [0.15, 0.2) is 47.6 Å². The summed E-state index contributed by atoms with van der Waals surface area (Å²) in [7, 11) is 3.36. The van der Waals surface area contributed by atoms with E-state index in [1.165, 1.54) is 0 Å². The smallest absolute Gasteiger partial charge is 0.166 e. The molecule has 0 aliphatic carbocycles. The minimum Gasteiger partial charge on any atom is -0.493 e. The van der Waals surface area contributed by atoms with Crippen LogP contribution in [0.25, 0.3) is 0 Å². The standard InChI is InChI=1S/C19H21N3O2S/c1-12-11-22-17(13-7-6-9-15(23-2)18(13)24-3)16(21-19(22)25-12)14-8-4-5-10-20-14/h4-10,12,16-17H,11H2,1-3H3/t12-,16-,17-/m0/s1. The van der Waals surface area contributed by atoms with Gasteiger partial charge in [-0.25, -0.2) is 0 Å². The molecule has 0 N–H and O–H groups in total. The van der Waals surface area contributed by atoms with Crippen LogP contribution in [-0.2, 0) is 0 Å². The molecule has 1 saturated heterocycles. The zero-order valence-electron chi connectivity index (χ0n) is 14.5. The molecular formula is C19H21N3O2S. The number of thioether (sulfide) groups is 1. The van der Waals surface area contributed by atoms with Crippen molar-refractivity contribution in [3.8, 4) is 11.5 Å². The molecule has 2 aliphatic rings. The Hall–Kier alpha value is -2.21. The number of methoxy groups -OCH3 is 2. The number of aromatic nitrogens is 1. The lowest BCUT2D eigenvalue weighted by Gasteiger charge is -2.29. The van der Waals surface area contributed by atoms with Crippen molar-refractivity contribution in [2.45, 2.75) is 24.3 Å². The summed E-state index contributed by atoms with van der Waals surface area (Å²) in [5, 5.41) is 1.63. The number of amidine groups is 1. The van der Waals surface area contributed by atoms with Crippen LogP contribution in [-0.4, -0.2) is 41.1 Å². The Morgan fingerprint density at radius 2 is 2.00 bits per heavy atom. The number of benzene rings is 1. The van der Waals surface area contributed by atoms with Gasteiger partial charge in [0.2, 0.25) is 0 Å². The lowest BCUT2D eigenvalue weighted by atomic mass is 9.95. The van der Waals surface area contributed by atoms with Crippen LogP contribution < -0.4 is 9.47 Å². The monoisotopic (exact) mass is 355 g/mol. The van der Waals surface area contributed by atoms with E-state index in [4.69, 9.17) is 14.5 Å². The van der Waals surface area contributed by atoms with E-state index in [0.717, 1.165) is 34.5 Å². The second-order valence-electron chi connectivity index (χ2n) is 6.22. The Bertz CT molecular complexity index is 797. The number of nitrogens with zero attached hydrogens (tertiary/aromatic N) is 3. The lowest BCUT2D eigenvalue weighted by molar-refractivity contribution is 0.299. The second-order valence-corrected chi connectivity index (χ2v) is 7.63. The Kier molecular flexibility index (Phi) is 4.29. The lowest BCUT2D eigenvalue weighted by Crippen LogP contribution is -2.29. The van der Waals surface area contributed by atoms with Crippen molar-refractivity contribution in [3.63, 3.8) is 0 Å². The van der Waals surface area contributed by atoms with Gasteiger partial charge >= 0.3 is 0 Å². The quantitative estimate of drug-likeness (QED) is 0.837. The number of aliphatic imine (C=N–C) groups is 1. The van der Waals surface area contributed by atoms with Crippen LogP contribution in [0, 0.1) is 0 Å². The van der Waals surface area contributed by atoms with Crippen molar-refractivity contribution >= 4 is 16.9 Å². The molecule has 4 rings (SSSR count). The predicted octanol–water partition coefficient (Wildman–Crippen LogP) is 3.69. The van der Waals surface area contributed by atoms with Crippen LogP contribution in [0.4, 0.5) is 0 Å². The molecule has 5 nitrogen and oxygen atoms in total. The SMILES string of the molecule is COc1cccc([C@H]2[C@H](c3ccccn3)N=C3S[C@@H](C)CN32)c1OC. The minimum absolute atomic E-state index is 0.0443. The number of ether oxygens (including phenoxy) is 2. The van der Waals surface area contributed by atoms with Crippen LogP contribution in [0.3, 0.4) is 0 Å². The van der Waals surface area contributed by atoms with E-state index in [2.05, 4.69) is 22.9 Å². The van der Waals surface area contributed by atoms with Gasteiger partial charge in [0.1, 0.15) is 6.04 Å².